The number of aliphatic carboxylic acids is 2. The summed E-state index contributed by atoms with van der Waals surface area (Å²) in [4.78, 5) is 27.6. The van der Waals surface area contributed by atoms with Crippen LogP contribution in [0.5, 0.6) is 0 Å². The van der Waals surface area contributed by atoms with Gasteiger partial charge in [0.25, 0.3) is 0 Å². The second-order valence-electron chi connectivity index (χ2n) is 9.14. The SMILES string of the molecule is COC[C@@H]1CN(CC2CC2)C[C@@]12CCN(Cc1nccs1)C2.O=C(O)C(F)(F)F.O=C(O)C(F)(F)F. The van der Waals surface area contributed by atoms with E-state index in [1.807, 2.05) is 13.3 Å². The third-order valence-electron chi connectivity index (χ3n) is 6.26. The number of hydrogen-bond donors (Lipinski definition) is 2. The van der Waals surface area contributed by atoms with Crippen LogP contribution in [0.2, 0.25) is 0 Å². The molecule has 4 rings (SSSR count). The van der Waals surface area contributed by atoms with E-state index in [1.165, 1.54) is 57.0 Å². The number of hydrogen-bond acceptors (Lipinski definition) is 7. The molecule has 2 saturated heterocycles. The largest absolute Gasteiger partial charge is 0.490 e. The van der Waals surface area contributed by atoms with E-state index >= 15 is 0 Å². The predicted octanol–water partition coefficient (Wildman–Crippen LogP) is 3.59. The Morgan fingerprint density at radius 3 is 2.11 bits per heavy atom. The smallest absolute Gasteiger partial charge is 0.475 e. The molecule has 2 atom stereocenters. The van der Waals surface area contributed by atoms with Crippen molar-refractivity contribution in [2.75, 3.05) is 46.4 Å². The molecule has 2 N–H and O–H groups in total. The molecule has 3 aliphatic rings. The normalized spacial score (nSPS) is 24.7. The van der Waals surface area contributed by atoms with Crippen LogP contribution in [0, 0.1) is 17.3 Å². The van der Waals surface area contributed by atoms with Crippen LogP contribution in [0.25, 0.3) is 0 Å². The maximum absolute atomic E-state index is 10.6. The van der Waals surface area contributed by atoms with Crippen LogP contribution in [-0.2, 0) is 20.9 Å². The van der Waals surface area contributed by atoms with Crippen molar-refractivity contribution < 1.29 is 50.9 Å². The Bertz CT molecular complexity index is 826. The van der Waals surface area contributed by atoms with Gasteiger partial charge in [0, 0.05) is 56.2 Å². The summed E-state index contributed by atoms with van der Waals surface area (Å²) in [5.74, 6) is -3.82. The van der Waals surface area contributed by atoms with E-state index in [0.717, 1.165) is 19.1 Å². The van der Waals surface area contributed by atoms with Crippen molar-refractivity contribution in [3.63, 3.8) is 0 Å². The number of halogens is 6. The van der Waals surface area contributed by atoms with Gasteiger partial charge in [0.1, 0.15) is 5.01 Å². The minimum absolute atomic E-state index is 0.460. The number of nitrogens with zero attached hydrogens (tertiary/aromatic N) is 3. The standard InChI is InChI=1S/C17H27N3OS.2C2HF3O2/c1-21-11-15-9-20(8-14-2-3-14)13-17(15)4-6-19(12-17)10-16-18-5-7-22-16;2*3-2(4,5)1(6)7/h5,7,14-15H,2-4,6,8-13H2,1H3;2*(H,6,7)/t15-,17-;;/m0../s1. The number of aromatic nitrogens is 1. The van der Waals surface area contributed by atoms with Gasteiger partial charge < -0.3 is 19.8 Å². The van der Waals surface area contributed by atoms with Crippen molar-refractivity contribution >= 4 is 23.3 Å². The Balaban J connectivity index is 0.000000271. The van der Waals surface area contributed by atoms with Gasteiger partial charge in [-0.2, -0.15) is 26.3 Å². The van der Waals surface area contributed by atoms with Crippen molar-refractivity contribution in [1.29, 1.82) is 0 Å². The number of likely N-dealkylation sites (tertiary alicyclic amines) is 2. The van der Waals surface area contributed by atoms with Gasteiger partial charge in [-0.1, -0.05) is 0 Å². The number of carboxylic acids is 2. The molecule has 2 aliphatic heterocycles. The van der Waals surface area contributed by atoms with Crippen LogP contribution in [0.3, 0.4) is 0 Å². The summed E-state index contributed by atoms with van der Waals surface area (Å²) in [6, 6.07) is 0. The summed E-state index contributed by atoms with van der Waals surface area (Å²) in [7, 11) is 1.86. The van der Waals surface area contributed by atoms with Crippen LogP contribution in [0.1, 0.15) is 24.3 Å². The number of carbonyl (C=O) groups is 2. The first-order valence-electron chi connectivity index (χ1n) is 11.1. The summed E-state index contributed by atoms with van der Waals surface area (Å²) >= 11 is 1.78. The fourth-order valence-corrected chi connectivity index (χ4v) is 5.14. The third-order valence-corrected chi connectivity index (χ3v) is 7.02. The minimum atomic E-state index is -5.08. The number of rotatable bonds is 6. The lowest BCUT2D eigenvalue weighted by Crippen LogP contribution is -2.36. The van der Waals surface area contributed by atoms with Crippen molar-refractivity contribution in [2.24, 2.45) is 17.3 Å². The van der Waals surface area contributed by atoms with Crippen LogP contribution < -0.4 is 0 Å². The van der Waals surface area contributed by atoms with Gasteiger partial charge in [-0.15, -0.1) is 11.3 Å². The van der Waals surface area contributed by atoms with Crippen LogP contribution in [0.15, 0.2) is 11.6 Å². The zero-order valence-corrected chi connectivity index (χ0v) is 20.3. The fraction of sp³-hybridized carbons (Fsp3) is 0.762. The second kappa shape index (κ2) is 12.5. The molecule has 1 aromatic rings. The average Bonchev–Trinajstić information content (AvgIpc) is 3.13. The molecule has 0 unspecified atom stereocenters. The topological polar surface area (TPSA) is 103 Å². The molecule has 1 aromatic heterocycles. The molecule has 0 aromatic carbocycles. The van der Waals surface area contributed by atoms with E-state index in [2.05, 4.69) is 20.2 Å². The van der Waals surface area contributed by atoms with Crippen LogP contribution in [-0.4, -0.2) is 95.7 Å². The molecule has 8 nitrogen and oxygen atoms in total. The Morgan fingerprint density at radius 1 is 1.11 bits per heavy atom. The summed E-state index contributed by atoms with van der Waals surface area (Å²) in [6.07, 6.45) is -4.01. The molecular formula is C21H29F6N3O5S. The van der Waals surface area contributed by atoms with Crippen molar-refractivity contribution in [1.82, 2.24) is 14.8 Å². The molecule has 0 radical (unpaired) electrons. The molecule has 36 heavy (non-hydrogen) atoms. The Morgan fingerprint density at radius 2 is 1.67 bits per heavy atom. The lowest BCUT2D eigenvalue weighted by Gasteiger charge is -2.30. The Hall–Kier alpha value is -1.97. The molecule has 15 heteroatoms. The van der Waals surface area contributed by atoms with Gasteiger partial charge in [0.15, 0.2) is 0 Å². The Labute approximate surface area is 207 Å². The van der Waals surface area contributed by atoms with E-state index in [9.17, 15) is 26.3 Å². The van der Waals surface area contributed by atoms with Gasteiger partial charge in [-0.3, -0.25) is 4.90 Å². The molecule has 206 valence electrons. The van der Waals surface area contributed by atoms with E-state index in [0.29, 0.717) is 11.3 Å². The number of ether oxygens (including phenoxy) is 1. The molecule has 1 aliphatic carbocycles. The van der Waals surface area contributed by atoms with E-state index in [1.54, 1.807) is 11.3 Å². The summed E-state index contributed by atoms with van der Waals surface area (Å²) < 4.78 is 69.0. The summed E-state index contributed by atoms with van der Waals surface area (Å²) in [6.45, 7) is 8.25. The molecular weight excluding hydrogens is 520 g/mol. The lowest BCUT2D eigenvalue weighted by atomic mass is 9.78. The Kier molecular flexibility index (Phi) is 10.5. The zero-order chi connectivity index (χ0) is 27.1. The molecule has 1 spiro atoms. The van der Waals surface area contributed by atoms with Crippen molar-refractivity contribution in [3.8, 4) is 0 Å². The highest BCUT2D eigenvalue weighted by atomic mass is 32.1. The fourth-order valence-electron chi connectivity index (χ4n) is 4.48. The highest BCUT2D eigenvalue weighted by Crippen LogP contribution is 2.45. The lowest BCUT2D eigenvalue weighted by molar-refractivity contribution is -0.193. The number of alkyl halides is 6. The first-order valence-corrected chi connectivity index (χ1v) is 12.0. The molecule has 3 fully saturated rings. The first-order chi connectivity index (χ1) is 16.7. The van der Waals surface area contributed by atoms with Crippen molar-refractivity contribution in [2.45, 2.75) is 38.2 Å². The number of thiazole rings is 1. The third kappa shape index (κ3) is 9.48. The van der Waals surface area contributed by atoms with Gasteiger partial charge in [0.2, 0.25) is 0 Å². The zero-order valence-electron chi connectivity index (χ0n) is 19.5. The molecule has 3 heterocycles. The van der Waals surface area contributed by atoms with Gasteiger partial charge in [-0.25, -0.2) is 14.6 Å². The van der Waals surface area contributed by atoms with Crippen LogP contribution >= 0.6 is 11.3 Å². The van der Waals surface area contributed by atoms with Gasteiger partial charge in [0.05, 0.1) is 13.2 Å². The van der Waals surface area contributed by atoms with Crippen molar-refractivity contribution in [3.05, 3.63) is 16.6 Å². The van der Waals surface area contributed by atoms with Gasteiger partial charge in [-0.05, 0) is 31.7 Å². The quantitative estimate of drug-likeness (QED) is 0.520. The molecule has 1 saturated carbocycles. The highest BCUT2D eigenvalue weighted by Gasteiger charge is 2.50. The monoisotopic (exact) mass is 549 g/mol. The maximum atomic E-state index is 10.6. The van der Waals surface area contributed by atoms with E-state index < -0.39 is 24.3 Å². The summed E-state index contributed by atoms with van der Waals surface area (Å²) in [5, 5.41) is 17.6. The highest BCUT2D eigenvalue weighted by molar-refractivity contribution is 7.09. The number of methoxy groups -OCH3 is 1. The van der Waals surface area contributed by atoms with E-state index in [-0.39, 0.29) is 0 Å². The van der Waals surface area contributed by atoms with Crippen LogP contribution in [0.4, 0.5) is 26.3 Å². The number of carboxylic acid groups (broad SMARTS) is 2. The van der Waals surface area contributed by atoms with Gasteiger partial charge >= 0.3 is 24.3 Å². The maximum Gasteiger partial charge on any atom is 0.490 e. The van der Waals surface area contributed by atoms with E-state index in [4.69, 9.17) is 24.5 Å². The minimum Gasteiger partial charge on any atom is -0.475 e. The average molecular weight is 550 g/mol. The predicted molar refractivity (Wildman–Crippen MR) is 116 cm³/mol. The summed E-state index contributed by atoms with van der Waals surface area (Å²) in [5.41, 5.74) is 0.460. The molecule has 0 amide bonds. The second-order valence-corrected chi connectivity index (χ2v) is 10.1. The first kappa shape index (κ1) is 30.3. The molecule has 0 bridgehead atoms.